The van der Waals surface area contributed by atoms with Crippen LogP contribution in [0.4, 0.5) is 0 Å². The fourth-order valence-corrected chi connectivity index (χ4v) is 4.00. The molecule has 1 aliphatic heterocycles. The molecule has 2 N–H and O–H groups in total. The van der Waals surface area contributed by atoms with Crippen LogP contribution in [-0.4, -0.2) is 44.2 Å². The number of piperidine rings is 1. The third kappa shape index (κ3) is 2.87. The molecule has 148 valence electrons. The predicted octanol–water partition coefficient (Wildman–Crippen LogP) is 0.996. The van der Waals surface area contributed by atoms with Crippen LogP contribution in [0.15, 0.2) is 21.5 Å². The lowest BCUT2D eigenvalue weighted by atomic mass is 9.96. The van der Waals surface area contributed by atoms with Crippen molar-refractivity contribution in [3.8, 4) is 0 Å². The van der Waals surface area contributed by atoms with Gasteiger partial charge in [0, 0.05) is 31.6 Å². The zero-order valence-electron chi connectivity index (χ0n) is 16.0. The minimum atomic E-state index is -0.324. The van der Waals surface area contributed by atoms with Gasteiger partial charge in [0.1, 0.15) is 17.8 Å². The van der Waals surface area contributed by atoms with Crippen LogP contribution in [-0.2, 0) is 22.7 Å². The van der Waals surface area contributed by atoms with E-state index in [0.717, 1.165) is 11.3 Å². The maximum Gasteiger partial charge on any atom is 0.291 e. The van der Waals surface area contributed by atoms with Crippen LogP contribution in [0.1, 0.15) is 25.5 Å². The summed E-state index contributed by atoms with van der Waals surface area (Å²) in [5.41, 5.74) is 7.01. The van der Waals surface area contributed by atoms with Crippen molar-refractivity contribution in [2.75, 3.05) is 13.1 Å². The summed E-state index contributed by atoms with van der Waals surface area (Å²) in [6.45, 7) is 5.21. The van der Waals surface area contributed by atoms with E-state index in [1.807, 2.05) is 24.5 Å². The van der Waals surface area contributed by atoms with Crippen LogP contribution in [0.25, 0.3) is 22.0 Å². The van der Waals surface area contributed by atoms with E-state index in [1.54, 1.807) is 11.1 Å². The number of amides is 2. The van der Waals surface area contributed by atoms with Gasteiger partial charge in [0.25, 0.3) is 5.56 Å². The summed E-state index contributed by atoms with van der Waals surface area (Å²) in [4.78, 5) is 38.6. The number of furan rings is 1. The van der Waals surface area contributed by atoms with Gasteiger partial charge in [-0.1, -0.05) is 0 Å². The van der Waals surface area contributed by atoms with E-state index in [0.29, 0.717) is 49.0 Å². The first-order valence-electron chi connectivity index (χ1n) is 9.46. The Morgan fingerprint density at radius 3 is 2.68 bits per heavy atom. The van der Waals surface area contributed by atoms with E-state index in [1.165, 1.54) is 4.68 Å². The Morgan fingerprint density at radius 1 is 1.32 bits per heavy atom. The number of primary amides is 1. The quantitative estimate of drug-likeness (QED) is 0.719. The highest BCUT2D eigenvalue weighted by molar-refractivity contribution is 6.04. The third-order valence-corrected chi connectivity index (χ3v) is 5.51. The van der Waals surface area contributed by atoms with Crippen molar-refractivity contribution in [2.45, 2.75) is 39.8 Å². The molecule has 3 aromatic rings. The van der Waals surface area contributed by atoms with Gasteiger partial charge in [0.15, 0.2) is 5.58 Å². The highest BCUT2D eigenvalue weighted by Crippen LogP contribution is 2.29. The van der Waals surface area contributed by atoms with Gasteiger partial charge < -0.3 is 19.6 Å². The first-order valence-corrected chi connectivity index (χ1v) is 9.46. The molecule has 3 aromatic heterocycles. The van der Waals surface area contributed by atoms with E-state index in [-0.39, 0.29) is 29.8 Å². The number of nitrogens with zero attached hydrogens (tertiary/aromatic N) is 4. The number of hydrogen-bond acceptors (Lipinski definition) is 5. The molecule has 0 saturated carbocycles. The molecule has 2 amide bonds. The Labute approximate surface area is 160 Å². The Hall–Kier alpha value is -3.10. The fourth-order valence-electron chi connectivity index (χ4n) is 4.00. The summed E-state index contributed by atoms with van der Waals surface area (Å²) in [5.74, 6) is 0.0714. The van der Waals surface area contributed by atoms with E-state index in [2.05, 4.69) is 5.10 Å². The summed E-state index contributed by atoms with van der Waals surface area (Å²) < 4.78 is 8.83. The third-order valence-electron chi connectivity index (χ3n) is 5.51. The molecule has 1 saturated heterocycles. The van der Waals surface area contributed by atoms with Crippen molar-refractivity contribution in [3.63, 3.8) is 0 Å². The SMILES string of the molecule is CCn1c2cc(C)oc2c2cnn(CC(=O)N3CCC(C(N)=O)CC3)c(=O)c21. The summed E-state index contributed by atoms with van der Waals surface area (Å²) in [5, 5.41) is 4.85. The van der Waals surface area contributed by atoms with Crippen LogP contribution in [0.3, 0.4) is 0 Å². The van der Waals surface area contributed by atoms with E-state index in [9.17, 15) is 14.4 Å². The smallest absolute Gasteiger partial charge is 0.291 e. The Kier molecular flexibility index (Phi) is 4.44. The number of aryl methyl sites for hydroxylation is 2. The normalized spacial score (nSPS) is 15.6. The first-order chi connectivity index (χ1) is 13.4. The molecule has 4 rings (SSSR count). The Bertz CT molecular complexity index is 1130. The predicted molar refractivity (Wildman–Crippen MR) is 103 cm³/mol. The second-order valence-electron chi connectivity index (χ2n) is 7.24. The molecule has 0 spiro atoms. The molecule has 9 heteroatoms. The van der Waals surface area contributed by atoms with Gasteiger partial charge >= 0.3 is 0 Å². The van der Waals surface area contributed by atoms with Gasteiger partial charge in [0.2, 0.25) is 11.8 Å². The lowest BCUT2D eigenvalue weighted by Crippen LogP contribution is -2.44. The number of rotatable bonds is 4. The molecule has 0 radical (unpaired) electrons. The van der Waals surface area contributed by atoms with Crippen LogP contribution >= 0.6 is 0 Å². The molecule has 1 aliphatic rings. The van der Waals surface area contributed by atoms with Gasteiger partial charge in [-0.15, -0.1) is 0 Å². The number of likely N-dealkylation sites (tertiary alicyclic amines) is 1. The molecule has 0 atom stereocenters. The van der Waals surface area contributed by atoms with Gasteiger partial charge in [-0.2, -0.15) is 5.10 Å². The van der Waals surface area contributed by atoms with Gasteiger partial charge in [-0.3, -0.25) is 14.4 Å². The van der Waals surface area contributed by atoms with Crippen molar-refractivity contribution < 1.29 is 14.0 Å². The average Bonchev–Trinajstić information content (AvgIpc) is 3.19. The molecule has 0 aromatic carbocycles. The lowest BCUT2D eigenvalue weighted by molar-refractivity contribution is -0.135. The highest BCUT2D eigenvalue weighted by atomic mass is 16.3. The van der Waals surface area contributed by atoms with Crippen molar-refractivity contribution in [1.82, 2.24) is 19.2 Å². The Morgan fingerprint density at radius 2 is 2.04 bits per heavy atom. The average molecular weight is 385 g/mol. The number of carbonyl (C=O) groups is 2. The first kappa shape index (κ1) is 18.3. The molecule has 9 nitrogen and oxygen atoms in total. The van der Waals surface area contributed by atoms with Gasteiger partial charge in [-0.05, 0) is 26.7 Å². The standard InChI is InChI=1S/C19H23N5O4/c1-3-23-14-8-11(2)28-17(14)13-9-21-24(19(27)16(13)23)10-15(25)22-6-4-12(5-7-22)18(20)26/h8-9,12H,3-7,10H2,1-2H3,(H2,20,26). The molecule has 28 heavy (non-hydrogen) atoms. The maximum atomic E-state index is 13.0. The minimum absolute atomic E-state index is 0.134. The zero-order chi connectivity index (χ0) is 20.0. The molecular formula is C19H23N5O4. The second-order valence-corrected chi connectivity index (χ2v) is 7.24. The molecule has 0 unspecified atom stereocenters. The van der Waals surface area contributed by atoms with Crippen molar-refractivity contribution in [3.05, 3.63) is 28.4 Å². The molecule has 0 aliphatic carbocycles. The van der Waals surface area contributed by atoms with Crippen LogP contribution in [0.5, 0.6) is 0 Å². The fraction of sp³-hybridized carbons (Fsp3) is 0.474. The van der Waals surface area contributed by atoms with E-state index >= 15 is 0 Å². The second kappa shape index (κ2) is 6.81. The lowest BCUT2D eigenvalue weighted by Gasteiger charge is -2.30. The zero-order valence-corrected chi connectivity index (χ0v) is 16.0. The topological polar surface area (TPSA) is 116 Å². The largest absolute Gasteiger partial charge is 0.459 e. The minimum Gasteiger partial charge on any atom is -0.459 e. The van der Waals surface area contributed by atoms with Crippen molar-refractivity contribution in [1.29, 1.82) is 0 Å². The maximum absolute atomic E-state index is 13.0. The summed E-state index contributed by atoms with van der Waals surface area (Å²) in [6, 6.07) is 1.90. The molecule has 1 fully saturated rings. The van der Waals surface area contributed by atoms with Gasteiger partial charge in [0.05, 0.1) is 17.1 Å². The van der Waals surface area contributed by atoms with Crippen LogP contribution in [0, 0.1) is 12.8 Å². The number of hydrogen-bond donors (Lipinski definition) is 1. The molecule has 4 heterocycles. The summed E-state index contributed by atoms with van der Waals surface area (Å²) in [7, 11) is 0. The van der Waals surface area contributed by atoms with Crippen molar-refractivity contribution >= 4 is 33.8 Å². The van der Waals surface area contributed by atoms with Crippen molar-refractivity contribution in [2.24, 2.45) is 11.7 Å². The highest BCUT2D eigenvalue weighted by Gasteiger charge is 2.27. The van der Waals surface area contributed by atoms with Crippen LogP contribution in [0.2, 0.25) is 0 Å². The molecular weight excluding hydrogens is 362 g/mol. The number of aromatic nitrogens is 3. The van der Waals surface area contributed by atoms with E-state index < -0.39 is 0 Å². The summed E-state index contributed by atoms with van der Waals surface area (Å²) in [6.07, 6.45) is 2.69. The van der Waals surface area contributed by atoms with Crippen LogP contribution < -0.4 is 11.3 Å². The summed E-state index contributed by atoms with van der Waals surface area (Å²) >= 11 is 0. The number of fused-ring (bicyclic) bond motifs is 3. The monoisotopic (exact) mass is 385 g/mol. The van der Waals surface area contributed by atoms with Gasteiger partial charge in [-0.25, -0.2) is 4.68 Å². The number of carbonyl (C=O) groups excluding carboxylic acids is 2. The Balaban J connectivity index is 1.63. The number of nitrogens with two attached hydrogens (primary N) is 1. The van der Waals surface area contributed by atoms with E-state index in [4.69, 9.17) is 10.2 Å². The molecule has 0 bridgehead atoms.